The molecule has 0 aliphatic carbocycles. The molecule has 3 rings (SSSR count). The third-order valence-electron chi connectivity index (χ3n) is 4.96. The quantitative estimate of drug-likeness (QED) is 0.168. The molecule has 3 aromatic heterocycles. The Balaban J connectivity index is 1.68. The molecule has 0 radical (unpaired) electrons. The number of nitrogens with zero attached hydrogens (tertiary/aromatic N) is 5. The minimum atomic E-state index is -3.54. The number of likely N-dealkylation sites (N-methyl/N-ethyl adjacent to an activating group) is 1. The first-order chi connectivity index (χ1) is 15.8. The van der Waals surface area contributed by atoms with E-state index in [1.165, 1.54) is 12.4 Å². The first kappa shape index (κ1) is 24.7. The number of fused-ring (bicyclic) bond motifs is 1. The SMILES string of the molecule is CCOS(=O)(=O)CCOCCN(C)c1cc(NCc2ccc[n+]([O-])c2)n2ncc(CC)c2n1. The maximum Gasteiger partial charge on any atom is 0.269 e. The summed E-state index contributed by atoms with van der Waals surface area (Å²) in [4.78, 5) is 6.69. The van der Waals surface area contributed by atoms with E-state index in [1.54, 1.807) is 23.7 Å². The first-order valence-electron chi connectivity index (χ1n) is 10.8. The fraction of sp³-hybridized carbons (Fsp3) is 0.476. The van der Waals surface area contributed by atoms with Gasteiger partial charge in [-0.3, -0.25) is 4.18 Å². The van der Waals surface area contributed by atoms with Crippen molar-refractivity contribution in [3.05, 3.63) is 53.1 Å². The zero-order valence-electron chi connectivity index (χ0n) is 19.1. The second-order valence-electron chi connectivity index (χ2n) is 7.39. The zero-order valence-corrected chi connectivity index (χ0v) is 19.9. The van der Waals surface area contributed by atoms with Crippen LogP contribution in [0.5, 0.6) is 0 Å². The van der Waals surface area contributed by atoms with Gasteiger partial charge in [0.05, 0.1) is 31.8 Å². The van der Waals surface area contributed by atoms with Crippen molar-refractivity contribution in [2.75, 3.05) is 49.4 Å². The van der Waals surface area contributed by atoms with Gasteiger partial charge in [-0.15, -0.1) is 0 Å². The Hall–Kier alpha value is -2.96. The van der Waals surface area contributed by atoms with E-state index in [1.807, 2.05) is 31.0 Å². The molecule has 0 aromatic carbocycles. The fourth-order valence-electron chi connectivity index (χ4n) is 3.18. The molecule has 12 heteroatoms. The maximum atomic E-state index is 11.6. The zero-order chi connectivity index (χ0) is 23.8. The molecule has 1 N–H and O–H groups in total. The normalized spacial score (nSPS) is 11.7. The van der Waals surface area contributed by atoms with Crippen LogP contribution >= 0.6 is 0 Å². The van der Waals surface area contributed by atoms with Crippen LogP contribution in [0.4, 0.5) is 11.6 Å². The second kappa shape index (κ2) is 11.3. The predicted octanol–water partition coefficient (Wildman–Crippen LogP) is 1.36. The molecule has 0 bridgehead atoms. The van der Waals surface area contributed by atoms with E-state index < -0.39 is 10.1 Å². The molecule has 0 aliphatic heterocycles. The van der Waals surface area contributed by atoms with Crippen molar-refractivity contribution in [1.29, 1.82) is 0 Å². The highest BCUT2D eigenvalue weighted by Crippen LogP contribution is 2.22. The number of hydrogen-bond acceptors (Lipinski definition) is 9. The second-order valence-corrected chi connectivity index (χ2v) is 9.15. The molecule has 0 spiro atoms. The summed E-state index contributed by atoms with van der Waals surface area (Å²) in [6, 6.07) is 5.46. The monoisotopic (exact) mass is 478 g/mol. The van der Waals surface area contributed by atoms with E-state index in [-0.39, 0.29) is 19.0 Å². The van der Waals surface area contributed by atoms with Crippen LogP contribution in [0.1, 0.15) is 25.0 Å². The minimum absolute atomic E-state index is 0.0643. The molecule has 0 amide bonds. The number of ether oxygens (including phenoxy) is 1. The molecule has 11 nitrogen and oxygen atoms in total. The molecular formula is C21H30N6O5S. The van der Waals surface area contributed by atoms with Gasteiger partial charge in [-0.2, -0.15) is 22.8 Å². The Labute approximate surface area is 193 Å². The van der Waals surface area contributed by atoms with Crippen LogP contribution in [0, 0.1) is 5.21 Å². The van der Waals surface area contributed by atoms with Gasteiger partial charge in [-0.25, -0.2) is 4.98 Å². The molecule has 0 saturated carbocycles. The Morgan fingerprint density at radius 1 is 1.30 bits per heavy atom. The van der Waals surface area contributed by atoms with Crippen molar-refractivity contribution in [2.45, 2.75) is 26.8 Å². The molecule has 0 atom stereocenters. The van der Waals surface area contributed by atoms with Gasteiger partial charge in [0.15, 0.2) is 18.0 Å². The average molecular weight is 479 g/mol. The van der Waals surface area contributed by atoms with Crippen molar-refractivity contribution >= 4 is 27.4 Å². The Kier molecular flexibility index (Phi) is 8.42. The summed E-state index contributed by atoms with van der Waals surface area (Å²) in [5.41, 5.74) is 2.61. The lowest BCUT2D eigenvalue weighted by atomic mass is 10.2. The van der Waals surface area contributed by atoms with E-state index in [2.05, 4.69) is 10.4 Å². The molecule has 0 aliphatic rings. The van der Waals surface area contributed by atoms with Crippen LogP contribution in [0.2, 0.25) is 0 Å². The highest BCUT2D eigenvalue weighted by molar-refractivity contribution is 7.86. The van der Waals surface area contributed by atoms with Gasteiger partial charge in [0, 0.05) is 43.4 Å². The number of pyridine rings is 1. The number of anilines is 2. The Morgan fingerprint density at radius 3 is 2.85 bits per heavy atom. The molecule has 180 valence electrons. The lowest BCUT2D eigenvalue weighted by Gasteiger charge is -2.20. The minimum Gasteiger partial charge on any atom is -0.619 e. The van der Waals surface area contributed by atoms with E-state index in [0.29, 0.717) is 19.7 Å². The smallest absolute Gasteiger partial charge is 0.269 e. The number of hydrogen-bond donors (Lipinski definition) is 1. The third-order valence-corrected chi connectivity index (χ3v) is 6.22. The van der Waals surface area contributed by atoms with Crippen LogP contribution in [0.3, 0.4) is 0 Å². The Bertz CT molecular complexity index is 1170. The van der Waals surface area contributed by atoms with E-state index >= 15 is 0 Å². The van der Waals surface area contributed by atoms with Crippen molar-refractivity contribution < 1.29 is 22.1 Å². The van der Waals surface area contributed by atoms with Crippen LogP contribution < -0.4 is 14.9 Å². The molecule has 0 fully saturated rings. The number of rotatable bonds is 13. The van der Waals surface area contributed by atoms with Gasteiger partial charge in [0.25, 0.3) is 10.1 Å². The van der Waals surface area contributed by atoms with Gasteiger partial charge < -0.3 is 20.2 Å². The highest BCUT2D eigenvalue weighted by atomic mass is 32.2. The van der Waals surface area contributed by atoms with E-state index in [4.69, 9.17) is 13.9 Å². The van der Waals surface area contributed by atoms with Crippen LogP contribution in [-0.4, -0.2) is 62.2 Å². The summed E-state index contributed by atoms with van der Waals surface area (Å²) in [5.74, 6) is 1.28. The standard InChI is InChI=1S/C21H30N6O5S/c1-4-18-15-23-27-19(22-14-17-7-6-8-26(28)16-17)13-20(24-21(18)27)25(3)9-10-31-11-12-33(29,30)32-5-2/h6-8,13,15-16,22H,4-5,9-12,14H2,1-3H3. The lowest BCUT2D eigenvalue weighted by molar-refractivity contribution is -0.605. The molecule has 3 heterocycles. The summed E-state index contributed by atoms with van der Waals surface area (Å²) in [6.07, 6.45) is 5.54. The average Bonchev–Trinajstić information content (AvgIpc) is 3.20. The topological polar surface area (TPSA) is 125 Å². The largest absolute Gasteiger partial charge is 0.619 e. The van der Waals surface area contributed by atoms with Crippen LogP contribution in [0.25, 0.3) is 5.65 Å². The predicted molar refractivity (Wildman–Crippen MR) is 125 cm³/mol. The van der Waals surface area contributed by atoms with Gasteiger partial charge in [-0.1, -0.05) is 6.92 Å². The molecular weight excluding hydrogens is 448 g/mol. The van der Waals surface area contributed by atoms with E-state index in [0.717, 1.165) is 39.6 Å². The number of aryl methyl sites for hydroxylation is 1. The van der Waals surface area contributed by atoms with Crippen LogP contribution in [-0.2, 0) is 32.0 Å². The van der Waals surface area contributed by atoms with E-state index in [9.17, 15) is 13.6 Å². The van der Waals surface area contributed by atoms with Crippen molar-refractivity contribution in [2.24, 2.45) is 0 Å². The summed E-state index contributed by atoms with van der Waals surface area (Å²) < 4.78 is 35.8. The highest BCUT2D eigenvalue weighted by Gasteiger charge is 2.14. The maximum absolute atomic E-state index is 11.6. The summed E-state index contributed by atoms with van der Waals surface area (Å²) in [5, 5.41) is 19.3. The van der Waals surface area contributed by atoms with Gasteiger partial charge in [-0.05, 0) is 19.4 Å². The Morgan fingerprint density at radius 2 is 2.12 bits per heavy atom. The van der Waals surface area contributed by atoms with Crippen molar-refractivity contribution in [3.8, 4) is 0 Å². The molecule has 3 aromatic rings. The number of nitrogens with one attached hydrogen (secondary N) is 1. The lowest BCUT2D eigenvalue weighted by Crippen LogP contribution is -2.26. The van der Waals surface area contributed by atoms with Crippen LogP contribution in [0.15, 0.2) is 36.8 Å². The molecule has 33 heavy (non-hydrogen) atoms. The third kappa shape index (κ3) is 6.76. The van der Waals surface area contributed by atoms with Gasteiger partial charge in [0.1, 0.15) is 11.6 Å². The fourth-order valence-corrected chi connectivity index (χ4v) is 3.98. The molecule has 0 saturated heterocycles. The van der Waals surface area contributed by atoms with Gasteiger partial charge >= 0.3 is 0 Å². The summed E-state index contributed by atoms with van der Waals surface area (Å²) >= 11 is 0. The van der Waals surface area contributed by atoms with Gasteiger partial charge in [0.2, 0.25) is 0 Å². The first-order valence-corrected chi connectivity index (χ1v) is 12.4. The summed E-state index contributed by atoms with van der Waals surface area (Å²) in [7, 11) is -1.65. The summed E-state index contributed by atoms with van der Waals surface area (Å²) in [6.45, 7) is 5.15. The van der Waals surface area contributed by atoms with Crippen molar-refractivity contribution in [1.82, 2.24) is 14.6 Å². The van der Waals surface area contributed by atoms with Crippen molar-refractivity contribution in [3.63, 3.8) is 0 Å². The number of aromatic nitrogens is 4. The molecule has 0 unspecified atom stereocenters.